The van der Waals surface area contributed by atoms with E-state index < -0.39 is 0 Å². The van der Waals surface area contributed by atoms with E-state index in [0.29, 0.717) is 12.1 Å². The lowest BCUT2D eigenvalue weighted by atomic mass is 9.75. The number of amides is 1. The molecule has 1 N–H and O–H groups in total. The van der Waals surface area contributed by atoms with Crippen molar-refractivity contribution in [3.05, 3.63) is 0 Å². The first-order chi connectivity index (χ1) is 11.7. The van der Waals surface area contributed by atoms with Crippen LogP contribution in [-0.4, -0.2) is 87.9 Å². The number of nitrogens with zero attached hydrogens (tertiary/aromatic N) is 2. The van der Waals surface area contributed by atoms with Gasteiger partial charge >= 0.3 is 0 Å². The molecule has 0 aromatic rings. The molecule has 0 aromatic heterocycles. The topological polar surface area (TPSA) is 54.0 Å². The highest BCUT2D eigenvalue weighted by Gasteiger charge is 2.41. The van der Waals surface area contributed by atoms with E-state index in [4.69, 9.17) is 9.47 Å². The zero-order chi connectivity index (χ0) is 16.9. The summed E-state index contributed by atoms with van der Waals surface area (Å²) < 4.78 is 10.3. The summed E-state index contributed by atoms with van der Waals surface area (Å²) >= 11 is 0. The maximum absolute atomic E-state index is 11.6. The van der Waals surface area contributed by atoms with E-state index in [0.717, 1.165) is 25.0 Å². The van der Waals surface area contributed by atoms with Crippen LogP contribution in [0.5, 0.6) is 0 Å². The van der Waals surface area contributed by atoms with Crippen LogP contribution in [0.1, 0.15) is 25.7 Å². The molecule has 0 saturated carbocycles. The minimum absolute atomic E-state index is 0.00355. The number of hydrogen-bond acceptors (Lipinski definition) is 5. The van der Waals surface area contributed by atoms with Crippen LogP contribution in [0.25, 0.3) is 0 Å². The monoisotopic (exact) mass is 339 g/mol. The second kappa shape index (κ2) is 8.61. The Morgan fingerprint density at radius 2 is 2.04 bits per heavy atom. The fourth-order valence-corrected chi connectivity index (χ4v) is 4.90. The Morgan fingerprint density at radius 1 is 1.17 bits per heavy atom. The van der Waals surface area contributed by atoms with Crippen LogP contribution in [0.15, 0.2) is 0 Å². The number of nitrogens with one attached hydrogen (secondary N) is 1. The number of fused-ring (bicyclic) bond motifs is 3. The van der Waals surface area contributed by atoms with E-state index in [2.05, 4.69) is 15.1 Å². The van der Waals surface area contributed by atoms with E-state index in [1.54, 1.807) is 7.11 Å². The number of ether oxygens (including phenoxy) is 2. The van der Waals surface area contributed by atoms with Gasteiger partial charge in [-0.3, -0.25) is 14.6 Å². The van der Waals surface area contributed by atoms with Gasteiger partial charge in [0, 0.05) is 45.9 Å². The number of carbonyl (C=O) groups is 1. The van der Waals surface area contributed by atoms with Crippen molar-refractivity contribution in [2.24, 2.45) is 11.8 Å². The van der Waals surface area contributed by atoms with Gasteiger partial charge in [-0.1, -0.05) is 0 Å². The molecule has 0 aliphatic carbocycles. The van der Waals surface area contributed by atoms with Crippen molar-refractivity contribution in [2.75, 3.05) is 60.2 Å². The molecular weight excluding hydrogens is 306 g/mol. The van der Waals surface area contributed by atoms with Gasteiger partial charge in [0.1, 0.15) is 6.61 Å². The summed E-state index contributed by atoms with van der Waals surface area (Å²) in [5.74, 6) is 1.58. The van der Waals surface area contributed by atoms with Gasteiger partial charge in [-0.2, -0.15) is 0 Å². The minimum Gasteiger partial charge on any atom is -0.383 e. The smallest absolute Gasteiger partial charge is 0.246 e. The first-order valence-electron chi connectivity index (χ1n) is 9.44. The summed E-state index contributed by atoms with van der Waals surface area (Å²) in [7, 11) is 3.37. The second-order valence-electron chi connectivity index (χ2n) is 7.68. The number of methoxy groups -OCH3 is 2. The summed E-state index contributed by atoms with van der Waals surface area (Å²) in [6, 6.07) is 1.13. The van der Waals surface area contributed by atoms with Gasteiger partial charge in [-0.25, -0.2) is 0 Å². The zero-order valence-corrected chi connectivity index (χ0v) is 15.2. The molecule has 4 aliphatic heterocycles. The maximum Gasteiger partial charge on any atom is 0.246 e. The molecule has 0 spiro atoms. The highest BCUT2D eigenvalue weighted by molar-refractivity contribution is 5.77. The molecular formula is C18H33N3O3. The SMILES string of the molecule is COCC(=O)NC[C@H]1C[C@@H]2CCN1C[C@@H]2CN1CCC[C@@H]1COC. The van der Waals surface area contributed by atoms with Gasteiger partial charge in [-0.15, -0.1) is 0 Å². The molecule has 4 rings (SSSR count). The summed E-state index contributed by atoms with van der Waals surface area (Å²) in [5.41, 5.74) is 0. The molecule has 6 nitrogen and oxygen atoms in total. The molecule has 1 unspecified atom stereocenters. The third-order valence-electron chi connectivity index (χ3n) is 6.15. The Balaban J connectivity index is 1.47. The van der Waals surface area contributed by atoms with Crippen LogP contribution in [0.2, 0.25) is 0 Å². The van der Waals surface area contributed by atoms with E-state index >= 15 is 0 Å². The molecule has 0 aromatic carbocycles. The quantitative estimate of drug-likeness (QED) is 0.701. The molecule has 4 saturated heterocycles. The van der Waals surface area contributed by atoms with Crippen LogP contribution in [0.3, 0.4) is 0 Å². The largest absolute Gasteiger partial charge is 0.383 e. The summed E-state index contributed by atoms with van der Waals surface area (Å²) in [6.45, 7) is 6.62. The highest BCUT2D eigenvalue weighted by Crippen LogP contribution is 2.37. The predicted molar refractivity (Wildman–Crippen MR) is 92.9 cm³/mol. The second-order valence-corrected chi connectivity index (χ2v) is 7.68. The van der Waals surface area contributed by atoms with Crippen molar-refractivity contribution in [3.63, 3.8) is 0 Å². The highest BCUT2D eigenvalue weighted by atomic mass is 16.5. The Morgan fingerprint density at radius 3 is 2.75 bits per heavy atom. The molecule has 0 radical (unpaired) electrons. The molecule has 4 aliphatic rings. The molecule has 138 valence electrons. The first-order valence-corrected chi connectivity index (χ1v) is 9.44. The summed E-state index contributed by atoms with van der Waals surface area (Å²) in [5, 5.41) is 3.02. The van der Waals surface area contributed by atoms with Crippen LogP contribution in [-0.2, 0) is 14.3 Å². The number of likely N-dealkylation sites (tertiary alicyclic amines) is 1. The van der Waals surface area contributed by atoms with Crippen molar-refractivity contribution in [2.45, 2.75) is 37.8 Å². The van der Waals surface area contributed by atoms with Crippen LogP contribution in [0.4, 0.5) is 0 Å². The van der Waals surface area contributed by atoms with Gasteiger partial charge in [0.15, 0.2) is 0 Å². The standard InChI is InChI=1S/C18H33N3O3/c1-23-12-16-4-3-6-20(16)10-15-11-21-7-5-14(15)8-17(21)9-19-18(22)13-24-2/h14-17H,3-13H2,1-2H3,(H,19,22)/t14-,15-,16+,17+/m0/s1. The fourth-order valence-electron chi connectivity index (χ4n) is 4.90. The molecule has 4 heterocycles. The number of carbonyl (C=O) groups excluding carboxylic acids is 1. The normalized spacial score (nSPS) is 36.2. The van der Waals surface area contributed by atoms with Crippen LogP contribution < -0.4 is 5.32 Å². The van der Waals surface area contributed by atoms with Crippen molar-refractivity contribution < 1.29 is 14.3 Å². The molecule has 24 heavy (non-hydrogen) atoms. The number of rotatable bonds is 8. The molecule has 1 amide bonds. The average molecular weight is 339 g/mol. The Hall–Kier alpha value is -0.690. The molecule has 4 fully saturated rings. The lowest BCUT2D eigenvalue weighted by Crippen LogP contribution is -2.58. The van der Waals surface area contributed by atoms with Crippen LogP contribution >= 0.6 is 0 Å². The van der Waals surface area contributed by atoms with Gasteiger partial charge in [0.05, 0.1) is 6.61 Å². The van der Waals surface area contributed by atoms with E-state index in [9.17, 15) is 4.79 Å². The third-order valence-corrected chi connectivity index (χ3v) is 6.15. The van der Waals surface area contributed by atoms with Crippen molar-refractivity contribution in [1.82, 2.24) is 15.1 Å². The average Bonchev–Trinajstić information content (AvgIpc) is 3.01. The van der Waals surface area contributed by atoms with Gasteiger partial charge in [-0.05, 0) is 50.6 Å². The van der Waals surface area contributed by atoms with Crippen molar-refractivity contribution in [3.8, 4) is 0 Å². The number of hydrogen-bond donors (Lipinski definition) is 1. The predicted octanol–water partition coefficient (Wildman–Crippen LogP) is 0.570. The van der Waals surface area contributed by atoms with Gasteiger partial charge in [0.25, 0.3) is 0 Å². The van der Waals surface area contributed by atoms with Crippen LogP contribution in [0, 0.1) is 11.8 Å². The molecule has 5 atom stereocenters. The Bertz CT molecular complexity index is 420. The lowest BCUT2D eigenvalue weighted by molar-refractivity contribution is -0.125. The summed E-state index contributed by atoms with van der Waals surface area (Å²) in [4.78, 5) is 16.9. The maximum atomic E-state index is 11.6. The van der Waals surface area contributed by atoms with E-state index in [1.165, 1.54) is 51.9 Å². The minimum atomic E-state index is -0.00355. The fraction of sp³-hybridized carbons (Fsp3) is 0.944. The van der Waals surface area contributed by atoms with Crippen molar-refractivity contribution >= 4 is 5.91 Å². The third kappa shape index (κ3) is 4.28. The van der Waals surface area contributed by atoms with E-state index in [-0.39, 0.29) is 12.5 Å². The summed E-state index contributed by atoms with van der Waals surface area (Å²) in [6.07, 6.45) is 5.13. The number of piperidine rings is 3. The Kier molecular flexibility index (Phi) is 6.49. The lowest BCUT2D eigenvalue weighted by Gasteiger charge is -2.51. The van der Waals surface area contributed by atoms with E-state index in [1.807, 2.05) is 7.11 Å². The van der Waals surface area contributed by atoms with Gasteiger partial charge in [0.2, 0.25) is 5.91 Å². The Labute approximate surface area is 145 Å². The van der Waals surface area contributed by atoms with Crippen molar-refractivity contribution in [1.29, 1.82) is 0 Å². The first kappa shape index (κ1) is 18.1. The zero-order valence-electron chi connectivity index (χ0n) is 15.2. The molecule has 6 heteroatoms. The molecule has 2 bridgehead atoms. The van der Waals surface area contributed by atoms with Gasteiger partial charge < -0.3 is 14.8 Å².